The summed E-state index contributed by atoms with van der Waals surface area (Å²) in [4.78, 5) is 4.40. The van der Waals surface area contributed by atoms with Crippen LogP contribution in [0.25, 0.3) is 10.9 Å². The first kappa shape index (κ1) is 13.5. The second-order valence-electron chi connectivity index (χ2n) is 3.97. The molecule has 0 aliphatic heterocycles. The maximum atomic E-state index is 6.16. The number of halogens is 1. The number of anilines is 1. The minimum atomic E-state index is 0.755. The van der Waals surface area contributed by atoms with Gasteiger partial charge in [0.05, 0.1) is 16.2 Å². The summed E-state index contributed by atoms with van der Waals surface area (Å²) in [5, 5.41) is 5.20. The standard InChI is InChI=1S/C14H17ClN2S/c1-2-18-10-4-9-16-13-7-6-12(15)11-5-3-8-17-14(11)13/h3,5-8,16H,2,4,9-10H2,1H3. The van der Waals surface area contributed by atoms with E-state index in [1.54, 1.807) is 6.20 Å². The topological polar surface area (TPSA) is 24.9 Å². The molecular formula is C14H17ClN2S. The minimum Gasteiger partial charge on any atom is -0.383 e. The molecule has 96 valence electrons. The summed E-state index contributed by atoms with van der Waals surface area (Å²) in [6.07, 6.45) is 2.96. The molecule has 2 nitrogen and oxygen atoms in total. The maximum absolute atomic E-state index is 6.16. The largest absolute Gasteiger partial charge is 0.383 e. The normalized spacial score (nSPS) is 10.8. The van der Waals surface area contributed by atoms with E-state index in [9.17, 15) is 0 Å². The fraction of sp³-hybridized carbons (Fsp3) is 0.357. The Morgan fingerprint density at radius 2 is 2.22 bits per heavy atom. The number of thioether (sulfide) groups is 1. The molecule has 0 atom stereocenters. The minimum absolute atomic E-state index is 0.755. The van der Waals surface area contributed by atoms with E-state index >= 15 is 0 Å². The molecule has 0 saturated heterocycles. The zero-order chi connectivity index (χ0) is 12.8. The zero-order valence-electron chi connectivity index (χ0n) is 10.4. The summed E-state index contributed by atoms with van der Waals surface area (Å²) in [5.74, 6) is 2.38. The highest BCUT2D eigenvalue weighted by Gasteiger charge is 2.04. The Morgan fingerprint density at radius 1 is 1.33 bits per heavy atom. The molecule has 0 spiro atoms. The predicted molar refractivity (Wildman–Crippen MR) is 82.9 cm³/mol. The van der Waals surface area contributed by atoms with E-state index in [1.807, 2.05) is 36.0 Å². The summed E-state index contributed by atoms with van der Waals surface area (Å²) in [5.41, 5.74) is 2.02. The zero-order valence-corrected chi connectivity index (χ0v) is 12.0. The van der Waals surface area contributed by atoms with Gasteiger partial charge in [-0.2, -0.15) is 11.8 Å². The molecule has 2 rings (SSSR count). The second kappa shape index (κ2) is 6.86. The van der Waals surface area contributed by atoms with Gasteiger partial charge >= 0.3 is 0 Å². The van der Waals surface area contributed by atoms with Gasteiger partial charge in [0.2, 0.25) is 0 Å². The number of nitrogens with one attached hydrogen (secondary N) is 1. The molecule has 18 heavy (non-hydrogen) atoms. The summed E-state index contributed by atoms with van der Waals surface area (Å²) in [7, 11) is 0. The number of fused-ring (bicyclic) bond motifs is 1. The number of rotatable bonds is 6. The lowest BCUT2D eigenvalue weighted by Crippen LogP contribution is -2.03. The van der Waals surface area contributed by atoms with Crippen molar-refractivity contribution in [3.05, 3.63) is 35.5 Å². The lowest BCUT2D eigenvalue weighted by Gasteiger charge is -2.09. The van der Waals surface area contributed by atoms with Crippen LogP contribution in [0, 0.1) is 0 Å². The van der Waals surface area contributed by atoms with Gasteiger partial charge in [-0.05, 0) is 42.2 Å². The monoisotopic (exact) mass is 280 g/mol. The first-order chi connectivity index (χ1) is 8.83. The smallest absolute Gasteiger partial charge is 0.0948 e. The van der Waals surface area contributed by atoms with Gasteiger partial charge in [0.15, 0.2) is 0 Å². The highest BCUT2D eigenvalue weighted by Crippen LogP contribution is 2.27. The fourth-order valence-electron chi connectivity index (χ4n) is 1.82. The van der Waals surface area contributed by atoms with Crippen molar-refractivity contribution in [2.75, 3.05) is 23.4 Å². The van der Waals surface area contributed by atoms with Crippen LogP contribution in [0.4, 0.5) is 5.69 Å². The lowest BCUT2D eigenvalue weighted by atomic mass is 10.2. The van der Waals surface area contributed by atoms with Crippen LogP contribution < -0.4 is 5.32 Å². The van der Waals surface area contributed by atoms with Gasteiger partial charge in [-0.1, -0.05) is 18.5 Å². The van der Waals surface area contributed by atoms with Gasteiger partial charge in [-0.15, -0.1) is 0 Å². The predicted octanol–water partition coefficient (Wildman–Crippen LogP) is 4.44. The molecule has 1 heterocycles. The average molecular weight is 281 g/mol. The quantitative estimate of drug-likeness (QED) is 0.792. The Kier molecular flexibility index (Phi) is 5.14. The number of hydrogen-bond acceptors (Lipinski definition) is 3. The van der Waals surface area contributed by atoms with Gasteiger partial charge in [-0.3, -0.25) is 4.98 Å². The van der Waals surface area contributed by atoms with Crippen molar-refractivity contribution in [1.29, 1.82) is 0 Å². The molecule has 0 bridgehead atoms. The first-order valence-corrected chi connectivity index (χ1v) is 7.71. The van der Waals surface area contributed by atoms with Crippen LogP contribution in [0.1, 0.15) is 13.3 Å². The Bertz CT molecular complexity index is 516. The van der Waals surface area contributed by atoms with Crippen LogP contribution in [0.15, 0.2) is 30.5 Å². The maximum Gasteiger partial charge on any atom is 0.0948 e. The van der Waals surface area contributed by atoms with Crippen molar-refractivity contribution in [3.63, 3.8) is 0 Å². The number of nitrogens with zero attached hydrogens (tertiary/aromatic N) is 1. The summed E-state index contributed by atoms with van der Waals surface area (Å²) < 4.78 is 0. The van der Waals surface area contributed by atoms with Crippen LogP contribution in [0.3, 0.4) is 0 Å². The fourth-order valence-corrected chi connectivity index (χ4v) is 2.67. The van der Waals surface area contributed by atoms with Gasteiger partial charge in [0.1, 0.15) is 0 Å². The van der Waals surface area contributed by atoms with E-state index in [0.717, 1.165) is 34.6 Å². The molecule has 0 radical (unpaired) electrons. The molecule has 0 aliphatic carbocycles. The third-order valence-corrected chi connectivity index (χ3v) is 4.02. The highest BCUT2D eigenvalue weighted by atomic mass is 35.5. The number of benzene rings is 1. The molecule has 0 amide bonds. The molecule has 0 unspecified atom stereocenters. The van der Waals surface area contributed by atoms with Crippen molar-refractivity contribution >= 4 is 40.0 Å². The van der Waals surface area contributed by atoms with E-state index in [0.29, 0.717) is 0 Å². The first-order valence-electron chi connectivity index (χ1n) is 6.17. The Balaban J connectivity index is 2.07. The third kappa shape index (κ3) is 3.30. The lowest BCUT2D eigenvalue weighted by molar-refractivity contribution is 0.993. The van der Waals surface area contributed by atoms with Crippen molar-refractivity contribution < 1.29 is 0 Å². The van der Waals surface area contributed by atoms with Gasteiger partial charge < -0.3 is 5.32 Å². The summed E-state index contributed by atoms with van der Waals surface area (Å²) >= 11 is 8.13. The van der Waals surface area contributed by atoms with Crippen molar-refractivity contribution in [2.24, 2.45) is 0 Å². The van der Waals surface area contributed by atoms with E-state index in [-0.39, 0.29) is 0 Å². The number of pyridine rings is 1. The van der Waals surface area contributed by atoms with Crippen LogP contribution in [-0.4, -0.2) is 23.0 Å². The highest BCUT2D eigenvalue weighted by molar-refractivity contribution is 7.99. The Morgan fingerprint density at radius 3 is 3.06 bits per heavy atom. The van der Waals surface area contributed by atoms with E-state index < -0.39 is 0 Å². The second-order valence-corrected chi connectivity index (χ2v) is 5.77. The number of hydrogen-bond donors (Lipinski definition) is 1. The van der Waals surface area contributed by atoms with E-state index in [2.05, 4.69) is 17.2 Å². The molecule has 1 N–H and O–H groups in total. The molecule has 0 fully saturated rings. The molecule has 2 aromatic rings. The van der Waals surface area contributed by atoms with Crippen LogP contribution >= 0.6 is 23.4 Å². The molecule has 1 aromatic carbocycles. The van der Waals surface area contributed by atoms with Crippen molar-refractivity contribution in [2.45, 2.75) is 13.3 Å². The Hall–Kier alpha value is -0.930. The van der Waals surface area contributed by atoms with E-state index in [4.69, 9.17) is 11.6 Å². The third-order valence-electron chi connectivity index (χ3n) is 2.70. The summed E-state index contributed by atoms with van der Waals surface area (Å²) in [6, 6.07) is 7.85. The molecule has 4 heteroatoms. The molecule has 0 saturated carbocycles. The van der Waals surface area contributed by atoms with Crippen LogP contribution in [-0.2, 0) is 0 Å². The van der Waals surface area contributed by atoms with Crippen LogP contribution in [0.5, 0.6) is 0 Å². The van der Waals surface area contributed by atoms with Crippen molar-refractivity contribution in [1.82, 2.24) is 4.98 Å². The number of aromatic nitrogens is 1. The van der Waals surface area contributed by atoms with E-state index in [1.165, 1.54) is 11.5 Å². The average Bonchev–Trinajstić information content (AvgIpc) is 2.41. The molecule has 1 aromatic heterocycles. The van der Waals surface area contributed by atoms with Gasteiger partial charge in [-0.25, -0.2) is 0 Å². The van der Waals surface area contributed by atoms with Crippen molar-refractivity contribution in [3.8, 4) is 0 Å². The molecular weight excluding hydrogens is 264 g/mol. The van der Waals surface area contributed by atoms with Gasteiger partial charge in [0.25, 0.3) is 0 Å². The molecule has 0 aliphatic rings. The Labute approximate surface area is 117 Å². The SMILES string of the molecule is CCSCCCNc1ccc(Cl)c2cccnc12. The van der Waals surface area contributed by atoms with Gasteiger partial charge in [0, 0.05) is 18.1 Å². The van der Waals surface area contributed by atoms with Crippen LogP contribution in [0.2, 0.25) is 5.02 Å². The summed E-state index contributed by atoms with van der Waals surface area (Å²) in [6.45, 7) is 3.16.